The Morgan fingerprint density at radius 3 is 2.03 bits per heavy atom. The van der Waals surface area contributed by atoms with Gasteiger partial charge in [-0.15, -0.1) is 0 Å². The molecule has 1 aromatic heterocycles. The van der Waals surface area contributed by atoms with Gasteiger partial charge in [-0.05, 0) is 47.6 Å². The number of thiazole rings is 1. The second-order valence-corrected chi connectivity index (χ2v) is 11.1. The molecule has 1 aliphatic carbocycles. The Morgan fingerprint density at radius 1 is 0.718 bits per heavy atom. The molecule has 1 fully saturated rings. The number of anilines is 1. The second-order valence-electron chi connectivity index (χ2n) is 10.2. The average Bonchev–Trinajstić information content (AvgIpc) is 3.62. The van der Waals surface area contributed by atoms with Gasteiger partial charge in [-0.3, -0.25) is 0 Å². The van der Waals surface area contributed by atoms with E-state index in [4.69, 9.17) is 10.1 Å². The Hall–Kier alpha value is -4.28. The first-order chi connectivity index (χ1) is 19.3. The van der Waals surface area contributed by atoms with Gasteiger partial charge in [0.2, 0.25) is 5.13 Å². The lowest BCUT2D eigenvalue weighted by Gasteiger charge is -2.29. The van der Waals surface area contributed by atoms with Gasteiger partial charge in [0.05, 0.1) is 22.3 Å². The third kappa shape index (κ3) is 4.62. The van der Waals surface area contributed by atoms with Crippen LogP contribution in [0.25, 0.3) is 27.8 Å². The highest BCUT2D eigenvalue weighted by Gasteiger charge is 2.43. The summed E-state index contributed by atoms with van der Waals surface area (Å²) in [5.74, 6) is 0.334. The van der Waals surface area contributed by atoms with Crippen LogP contribution in [0.2, 0.25) is 0 Å². The molecular weight excluding hydrogens is 494 g/mol. The zero-order valence-electron chi connectivity index (χ0n) is 21.7. The van der Waals surface area contributed by atoms with Crippen LogP contribution in [0.4, 0.5) is 5.13 Å². The number of nitrogens with zero attached hydrogens (tertiary/aromatic N) is 3. The fourth-order valence-electron chi connectivity index (χ4n) is 5.88. The van der Waals surface area contributed by atoms with E-state index in [9.17, 15) is 0 Å². The van der Waals surface area contributed by atoms with Gasteiger partial charge in [-0.25, -0.2) is 9.99 Å². The van der Waals surface area contributed by atoms with E-state index in [2.05, 4.69) is 132 Å². The lowest BCUT2D eigenvalue weighted by Crippen LogP contribution is -2.28. The van der Waals surface area contributed by atoms with E-state index in [0.29, 0.717) is 5.92 Å². The van der Waals surface area contributed by atoms with E-state index >= 15 is 0 Å². The molecule has 4 heteroatoms. The fraction of sp³-hybridized carbons (Fsp3) is 0.143. The number of hydrogen-bond acceptors (Lipinski definition) is 4. The van der Waals surface area contributed by atoms with Crippen LogP contribution in [0, 0.1) is 5.92 Å². The van der Waals surface area contributed by atoms with E-state index in [1.165, 1.54) is 39.3 Å². The molecule has 1 saturated carbocycles. The molecule has 190 valence electrons. The summed E-state index contributed by atoms with van der Waals surface area (Å²) < 4.78 is 0. The van der Waals surface area contributed by atoms with Crippen LogP contribution in [-0.2, 0) is 0 Å². The summed E-state index contributed by atoms with van der Waals surface area (Å²) in [4.78, 5) is 6.48. The lowest BCUT2D eigenvalue weighted by molar-refractivity contribution is 0.487. The quantitative estimate of drug-likeness (QED) is 0.230. The minimum atomic E-state index is 0.124. The van der Waals surface area contributed by atoms with Crippen LogP contribution in [0.15, 0.2) is 132 Å². The smallest absolute Gasteiger partial charge is 0.207 e. The first-order valence-corrected chi connectivity index (χ1v) is 14.5. The number of aromatic nitrogens is 1. The van der Waals surface area contributed by atoms with Gasteiger partial charge in [0, 0.05) is 11.5 Å². The van der Waals surface area contributed by atoms with Crippen LogP contribution in [-0.4, -0.2) is 10.7 Å². The number of fused-ring (bicyclic) bond motifs is 1. The summed E-state index contributed by atoms with van der Waals surface area (Å²) in [5.41, 5.74) is 8.43. The SMILES string of the molecule is C(=C1/CCC[C@H]2C1=NN(c1nc(-c3ccccc3)c(-c3ccccc3)s1)[C@@H]2c1ccccc1)/c1ccccc1. The molecule has 1 aliphatic heterocycles. The number of rotatable bonds is 5. The summed E-state index contributed by atoms with van der Waals surface area (Å²) in [7, 11) is 0. The monoisotopic (exact) mass is 523 g/mol. The van der Waals surface area contributed by atoms with Gasteiger partial charge < -0.3 is 0 Å². The van der Waals surface area contributed by atoms with Gasteiger partial charge in [-0.1, -0.05) is 133 Å². The molecule has 0 saturated heterocycles. The molecule has 0 amide bonds. The Morgan fingerprint density at radius 2 is 1.33 bits per heavy atom. The third-order valence-electron chi connectivity index (χ3n) is 7.68. The number of hydrazone groups is 1. The van der Waals surface area contributed by atoms with E-state index < -0.39 is 0 Å². The standard InChI is InChI=1S/C35H29N3S/c1-5-14-25(15-6-1)24-29-22-13-23-30-31(29)37-38(33(30)27-18-9-3-10-19-27)35-36-32(26-16-7-2-8-17-26)34(39-35)28-20-11-4-12-21-28/h1-12,14-21,24,30,33H,13,22-23H2/b29-24+/t30-,33+/m0/s1. The zero-order valence-corrected chi connectivity index (χ0v) is 22.5. The van der Waals surface area contributed by atoms with Crippen LogP contribution in [0.5, 0.6) is 0 Å². The summed E-state index contributed by atoms with van der Waals surface area (Å²) in [6.07, 6.45) is 5.69. The third-order valence-corrected chi connectivity index (χ3v) is 8.77. The Bertz CT molecular complexity index is 1570. The van der Waals surface area contributed by atoms with Crippen LogP contribution >= 0.6 is 11.3 Å². The molecule has 2 heterocycles. The van der Waals surface area contributed by atoms with Crippen molar-refractivity contribution in [2.75, 3.05) is 5.01 Å². The highest BCUT2D eigenvalue weighted by atomic mass is 32.1. The molecule has 0 bridgehead atoms. The largest absolute Gasteiger partial charge is 0.231 e. The molecule has 7 rings (SSSR count). The van der Waals surface area contributed by atoms with Crippen LogP contribution in [0.1, 0.15) is 36.4 Å². The van der Waals surface area contributed by atoms with Crippen molar-refractivity contribution in [2.45, 2.75) is 25.3 Å². The van der Waals surface area contributed by atoms with Gasteiger partial charge in [-0.2, -0.15) is 5.10 Å². The maximum Gasteiger partial charge on any atom is 0.207 e. The Kier molecular flexibility index (Phi) is 6.39. The number of hydrogen-bond donors (Lipinski definition) is 0. The summed E-state index contributed by atoms with van der Waals surface area (Å²) in [6, 6.07) is 42.8. The van der Waals surface area contributed by atoms with Crippen molar-refractivity contribution < 1.29 is 0 Å². The van der Waals surface area contributed by atoms with Crippen molar-refractivity contribution >= 4 is 28.3 Å². The first-order valence-electron chi connectivity index (χ1n) is 13.7. The highest BCUT2D eigenvalue weighted by molar-refractivity contribution is 7.19. The molecule has 3 nitrogen and oxygen atoms in total. The molecule has 39 heavy (non-hydrogen) atoms. The van der Waals surface area contributed by atoms with Gasteiger partial charge in [0.1, 0.15) is 0 Å². The molecule has 0 unspecified atom stereocenters. The molecule has 0 spiro atoms. The predicted molar refractivity (Wildman–Crippen MR) is 164 cm³/mol. The van der Waals surface area contributed by atoms with Crippen molar-refractivity contribution in [3.05, 3.63) is 138 Å². The fourth-order valence-corrected chi connectivity index (χ4v) is 6.96. The minimum absolute atomic E-state index is 0.124. The van der Waals surface area contributed by atoms with E-state index in [0.717, 1.165) is 29.2 Å². The molecule has 4 aromatic carbocycles. The normalized spacial score (nSPS) is 19.6. The Balaban J connectivity index is 1.38. The van der Waals surface area contributed by atoms with Crippen molar-refractivity contribution in [1.82, 2.24) is 4.98 Å². The van der Waals surface area contributed by atoms with Crippen LogP contribution < -0.4 is 5.01 Å². The number of benzene rings is 4. The van der Waals surface area contributed by atoms with Crippen molar-refractivity contribution in [3.8, 4) is 21.7 Å². The predicted octanol–water partition coefficient (Wildman–Crippen LogP) is 9.28. The zero-order chi connectivity index (χ0) is 26.0. The summed E-state index contributed by atoms with van der Waals surface area (Å²) >= 11 is 1.74. The Labute approximate surface area is 233 Å². The first kappa shape index (κ1) is 23.8. The molecule has 0 N–H and O–H groups in total. The molecule has 5 aromatic rings. The maximum absolute atomic E-state index is 5.39. The maximum atomic E-state index is 5.39. The van der Waals surface area contributed by atoms with E-state index in [1.54, 1.807) is 11.3 Å². The van der Waals surface area contributed by atoms with E-state index in [1.807, 2.05) is 0 Å². The highest BCUT2D eigenvalue weighted by Crippen LogP contribution is 2.49. The topological polar surface area (TPSA) is 28.5 Å². The number of allylic oxidation sites excluding steroid dienone is 1. The van der Waals surface area contributed by atoms with Crippen molar-refractivity contribution in [2.24, 2.45) is 11.0 Å². The summed E-state index contributed by atoms with van der Waals surface area (Å²) in [5, 5.41) is 8.56. The summed E-state index contributed by atoms with van der Waals surface area (Å²) in [6.45, 7) is 0. The van der Waals surface area contributed by atoms with Crippen molar-refractivity contribution in [1.29, 1.82) is 0 Å². The molecule has 2 atom stereocenters. The van der Waals surface area contributed by atoms with Gasteiger partial charge in [0.15, 0.2) is 0 Å². The van der Waals surface area contributed by atoms with Gasteiger partial charge in [0.25, 0.3) is 0 Å². The molecule has 0 radical (unpaired) electrons. The lowest BCUT2D eigenvalue weighted by atomic mass is 9.77. The minimum Gasteiger partial charge on any atom is -0.231 e. The van der Waals surface area contributed by atoms with Gasteiger partial charge >= 0.3 is 0 Å². The molecule has 2 aliphatic rings. The van der Waals surface area contributed by atoms with E-state index in [-0.39, 0.29) is 6.04 Å². The van der Waals surface area contributed by atoms with Crippen molar-refractivity contribution in [3.63, 3.8) is 0 Å². The average molecular weight is 524 g/mol. The second kappa shape index (κ2) is 10.5. The van der Waals surface area contributed by atoms with Crippen LogP contribution in [0.3, 0.4) is 0 Å². The molecular formula is C35H29N3S.